The summed E-state index contributed by atoms with van der Waals surface area (Å²) in [5, 5.41) is 11.9. The van der Waals surface area contributed by atoms with Gasteiger partial charge in [-0.15, -0.1) is 0 Å². The van der Waals surface area contributed by atoms with E-state index in [1.807, 2.05) is 30.3 Å². The molecule has 6 heteroatoms. The van der Waals surface area contributed by atoms with Crippen molar-refractivity contribution in [2.24, 2.45) is 0 Å². The van der Waals surface area contributed by atoms with Crippen molar-refractivity contribution in [3.05, 3.63) is 84.4 Å². The quantitative estimate of drug-likeness (QED) is 0.650. The Labute approximate surface area is 158 Å². The van der Waals surface area contributed by atoms with Gasteiger partial charge in [0.2, 0.25) is 0 Å². The van der Waals surface area contributed by atoms with Gasteiger partial charge < -0.3 is 10.4 Å². The Morgan fingerprint density at radius 3 is 2.19 bits per heavy atom. The van der Waals surface area contributed by atoms with Crippen LogP contribution in [0.4, 0.5) is 5.69 Å². The Morgan fingerprint density at radius 2 is 1.52 bits per heavy atom. The minimum atomic E-state index is -3.81. The first-order valence-corrected chi connectivity index (χ1v) is 10.0. The van der Waals surface area contributed by atoms with E-state index in [9.17, 15) is 13.2 Å². The lowest BCUT2D eigenvalue weighted by Crippen LogP contribution is -2.15. The van der Waals surface area contributed by atoms with Crippen LogP contribution in [0.15, 0.2) is 83.8 Å². The Morgan fingerprint density at radius 1 is 0.852 bits per heavy atom. The van der Waals surface area contributed by atoms with Crippen molar-refractivity contribution < 1.29 is 18.3 Å². The third-order valence-electron chi connectivity index (χ3n) is 4.06. The molecule has 0 saturated heterocycles. The molecule has 3 aromatic carbocycles. The molecule has 5 nitrogen and oxygen atoms in total. The van der Waals surface area contributed by atoms with Gasteiger partial charge in [-0.1, -0.05) is 48.5 Å². The molecule has 0 fully saturated rings. The van der Waals surface area contributed by atoms with Crippen molar-refractivity contribution in [3.8, 4) is 11.1 Å². The second-order valence-electron chi connectivity index (χ2n) is 6.10. The highest BCUT2D eigenvalue weighted by atomic mass is 32.2. The van der Waals surface area contributed by atoms with Gasteiger partial charge in [-0.25, -0.2) is 8.42 Å². The first-order chi connectivity index (χ1) is 12.9. The van der Waals surface area contributed by atoms with Gasteiger partial charge in [0.25, 0.3) is 0 Å². The van der Waals surface area contributed by atoms with E-state index >= 15 is 0 Å². The highest BCUT2D eigenvalue weighted by Gasteiger charge is 2.18. The van der Waals surface area contributed by atoms with E-state index in [0.717, 1.165) is 22.4 Å². The highest BCUT2D eigenvalue weighted by Crippen LogP contribution is 2.21. The molecule has 2 N–H and O–H groups in total. The van der Waals surface area contributed by atoms with Crippen LogP contribution in [-0.2, 0) is 21.2 Å². The van der Waals surface area contributed by atoms with Crippen molar-refractivity contribution in [2.45, 2.75) is 11.4 Å². The van der Waals surface area contributed by atoms with E-state index in [2.05, 4.69) is 29.6 Å². The maximum atomic E-state index is 11.9. The number of nitrogens with one attached hydrogen (secondary N) is 1. The molecule has 0 aliphatic heterocycles. The fourth-order valence-electron chi connectivity index (χ4n) is 2.72. The summed E-state index contributed by atoms with van der Waals surface area (Å²) in [5.74, 6) is -2.28. The molecule has 0 aliphatic carbocycles. The second-order valence-corrected chi connectivity index (χ2v) is 8.09. The zero-order valence-electron chi connectivity index (χ0n) is 14.5. The van der Waals surface area contributed by atoms with Gasteiger partial charge in [0, 0.05) is 12.2 Å². The molecule has 0 amide bonds. The first-order valence-electron chi connectivity index (χ1n) is 8.37. The molecule has 0 saturated carbocycles. The Kier molecular flexibility index (Phi) is 5.57. The molecule has 0 aromatic heterocycles. The van der Waals surface area contributed by atoms with Crippen LogP contribution < -0.4 is 5.32 Å². The van der Waals surface area contributed by atoms with Gasteiger partial charge in [-0.3, -0.25) is 4.79 Å². The number of carboxylic acids is 1. The molecular weight excluding hydrogens is 362 g/mol. The number of aliphatic carboxylic acids is 1. The average molecular weight is 381 g/mol. The molecule has 0 unspecified atom stereocenters. The number of benzene rings is 3. The van der Waals surface area contributed by atoms with E-state index in [4.69, 9.17) is 5.11 Å². The van der Waals surface area contributed by atoms with Crippen LogP contribution in [0.1, 0.15) is 5.56 Å². The zero-order valence-corrected chi connectivity index (χ0v) is 15.3. The maximum Gasteiger partial charge on any atom is 0.319 e. The van der Waals surface area contributed by atoms with Crippen LogP contribution in [0, 0.1) is 0 Å². The number of sulfone groups is 1. The number of anilines is 1. The SMILES string of the molecule is O=C(O)CS(=O)(=O)c1ccc(NCc2cccc(-c3ccccc3)c2)cc1. The van der Waals surface area contributed by atoms with Crippen LogP contribution in [0.2, 0.25) is 0 Å². The van der Waals surface area contributed by atoms with E-state index < -0.39 is 21.6 Å². The summed E-state index contributed by atoms with van der Waals surface area (Å²) in [6.07, 6.45) is 0. The molecule has 0 radical (unpaired) electrons. The predicted molar refractivity (Wildman–Crippen MR) is 105 cm³/mol. The molecule has 0 spiro atoms. The monoisotopic (exact) mass is 381 g/mol. The fourth-order valence-corrected chi connectivity index (χ4v) is 3.76. The predicted octanol–water partition coefficient (Wildman–Crippen LogP) is 3.82. The van der Waals surface area contributed by atoms with Crippen LogP contribution in [-0.4, -0.2) is 25.2 Å². The molecule has 0 atom stereocenters. The average Bonchev–Trinajstić information content (AvgIpc) is 2.67. The topological polar surface area (TPSA) is 83.5 Å². The van der Waals surface area contributed by atoms with Gasteiger partial charge in [0.15, 0.2) is 15.6 Å². The fraction of sp³-hybridized carbons (Fsp3) is 0.0952. The number of hydrogen-bond acceptors (Lipinski definition) is 4. The van der Waals surface area contributed by atoms with Crippen molar-refractivity contribution >= 4 is 21.5 Å². The van der Waals surface area contributed by atoms with Crippen LogP contribution in [0.25, 0.3) is 11.1 Å². The number of hydrogen-bond donors (Lipinski definition) is 2. The largest absolute Gasteiger partial charge is 0.480 e. The molecule has 138 valence electrons. The lowest BCUT2D eigenvalue weighted by Gasteiger charge is -2.09. The first kappa shape index (κ1) is 18.7. The summed E-state index contributed by atoms with van der Waals surface area (Å²) in [6, 6.07) is 24.4. The zero-order chi connectivity index (χ0) is 19.3. The summed E-state index contributed by atoms with van der Waals surface area (Å²) in [6.45, 7) is 0.585. The van der Waals surface area contributed by atoms with Crippen molar-refractivity contribution in [1.29, 1.82) is 0 Å². The summed E-state index contributed by atoms with van der Waals surface area (Å²) in [4.78, 5) is 10.7. The van der Waals surface area contributed by atoms with E-state index in [-0.39, 0.29) is 4.90 Å². The number of carbonyl (C=O) groups is 1. The Bertz CT molecular complexity index is 1030. The lowest BCUT2D eigenvalue weighted by molar-refractivity contribution is -0.134. The molecule has 0 aliphatic rings. The Balaban J connectivity index is 1.68. The molecule has 3 rings (SSSR count). The van der Waals surface area contributed by atoms with E-state index in [1.165, 1.54) is 12.1 Å². The van der Waals surface area contributed by atoms with Crippen molar-refractivity contribution in [2.75, 3.05) is 11.1 Å². The highest BCUT2D eigenvalue weighted by molar-refractivity contribution is 7.92. The van der Waals surface area contributed by atoms with Gasteiger partial charge in [0.1, 0.15) is 0 Å². The smallest absolute Gasteiger partial charge is 0.319 e. The van der Waals surface area contributed by atoms with Gasteiger partial charge in [-0.05, 0) is 47.0 Å². The van der Waals surface area contributed by atoms with Crippen LogP contribution >= 0.6 is 0 Å². The van der Waals surface area contributed by atoms with Crippen LogP contribution in [0.3, 0.4) is 0 Å². The molecule has 0 heterocycles. The van der Waals surface area contributed by atoms with Gasteiger partial charge in [-0.2, -0.15) is 0 Å². The second kappa shape index (κ2) is 8.05. The van der Waals surface area contributed by atoms with E-state index in [0.29, 0.717) is 6.54 Å². The summed E-state index contributed by atoms with van der Waals surface area (Å²) in [5.41, 5.74) is 4.13. The molecule has 27 heavy (non-hydrogen) atoms. The van der Waals surface area contributed by atoms with Crippen molar-refractivity contribution in [1.82, 2.24) is 0 Å². The van der Waals surface area contributed by atoms with Crippen LogP contribution in [0.5, 0.6) is 0 Å². The lowest BCUT2D eigenvalue weighted by atomic mass is 10.0. The third-order valence-corrected chi connectivity index (χ3v) is 5.68. The maximum absolute atomic E-state index is 11.9. The molecule has 3 aromatic rings. The summed E-state index contributed by atoms with van der Waals surface area (Å²) in [7, 11) is -3.81. The summed E-state index contributed by atoms with van der Waals surface area (Å²) >= 11 is 0. The van der Waals surface area contributed by atoms with Gasteiger partial charge >= 0.3 is 5.97 Å². The van der Waals surface area contributed by atoms with E-state index in [1.54, 1.807) is 12.1 Å². The Hall–Kier alpha value is -3.12. The minimum Gasteiger partial charge on any atom is -0.480 e. The normalized spacial score (nSPS) is 11.1. The van der Waals surface area contributed by atoms with Gasteiger partial charge in [0.05, 0.1) is 4.90 Å². The molecular formula is C21H19NO4S. The number of rotatable bonds is 7. The van der Waals surface area contributed by atoms with Crippen molar-refractivity contribution in [3.63, 3.8) is 0 Å². The minimum absolute atomic E-state index is 0.00141. The standard InChI is InChI=1S/C21H19NO4S/c23-21(24)15-27(25,26)20-11-9-19(10-12-20)22-14-16-5-4-8-18(13-16)17-6-2-1-3-7-17/h1-13,22H,14-15H2,(H,23,24). The third kappa shape index (κ3) is 4.95. The summed E-state index contributed by atoms with van der Waals surface area (Å²) < 4.78 is 23.8. The number of carboxylic acid groups (broad SMARTS) is 1. The molecule has 0 bridgehead atoms.